The quantitative estimate of drug-likeness (QED) is 0.780. The first-order valence-electron chi connectivity index (χ1n) is 5.07. The van der Waals surface area contributed by atoms with Gasteiger partial charge in [-0.1, -0.05) is 39.0 Å². The predicted octanol–water partition coefficient (Wildman–Crippen LogP) is 3.76. The molecule has 0 saturated heterocycles. The number of amides is 1. The van der Waals surface area contributed by atoms with Gasteiger partial charge in [0.2, 0.25) is 5.91 Å². The van der Waals surface area contributed by atoms with Gasteiger partial charge in [-0.25, -0.2) is 0 Å². The van der Waals surface area contributed by atoms with Gasteiger partial charge >= 0.3 is 0 Å². The molecule has 0 unspecified atom stereocenters. The monoisotopic (exact) mass is 237 g/mol. The standard InChI is InChI=1S/C13H16ClNO/c1-5-12(16)15-11-7-9(13(2,3)4)6-10(14)8-11/h5-8H,1H2,2-4H3,(H,15,16). The van der Waals surface area contributed by atoms with Gasteiger partial charge in [-0.3, -0.25) is 4.79 Å². The minimum atomic E-state index is -0.234. The van der Waals surface area contributed by atoms with E-state index in [0.717, 1.165) is 5.56 Å². The summed E-state index contributed by atoms with van der Waals surface area (Å²) in [6.45, 7) is 9.69. The first-order chi connectivity index (χ1) is 7.32. The van der Waals surface area contributed by atoms with Gasteiger partial charge in [-0.2, -0.15) is 0 Å². The van der Waals surface area contributed by atoms with Crippen molar-refractivity contribution in [3.63, 3.8) is 0 Å². The van der Waals surface area contributed by atoms with Crippen molar-refractivity contribution in [2.45, 2.75) is 26.2 Å². The summed E-state index contributed by atoms with van der Waals surface area (Å²) >= 11 is 6.01. The highest BCUT2D eigenvalue weighted by atomic mass is 35.5. The number of rotatable bonds is 2. The molecule has 1 aromatic carbocycles. The second-order valence-corrected chi connectivity index (χ2v) is 5.11. The predicted molar refractivity (Wildman–Crippen MR) is 69.0 cm³/mol. The van der Waals surface area contributed by atoms with Gasteiger partial charge in [0, 0.05) is 10.7 Å². The summed E-state index contributed by atoms with van der Waals surface area (Å²) in [6, 6.07) is 5.55. The Labute approximate surface area is 101 Å². The molecule has 0 spiro atoms. The molecule has 0 aromatic heterocycles. The van der Waals surface area contributed by atoms with Crippen molar-refractivity contribution in [3.8, 4) is 0 Å². The van der Waals surface area contributed by atoms with Crippen molar-refractivity contribution < 1.29 is 4.79 Å². The largest absolute Gasteiger partial charge is 0.322 e. The molecule has 0 fully saturated rings. The van der Waals surface area contributed by atoms with E-state index >= 15 is 0 Å². The van der Waals surface area contributed by atoms with Crippen molar-refractivity contribution in [1.29, 1.82) is 0 Å². The van der Waals surface area contributed by atoms with Crippen molar-refractivity contribution >= 4 is 23.2 Å². The van der Waals surface area contributed by atoms with Crippen LogP contribution in [0.4, 0.5) is 5.69 Å². The molecule has 0 radical (unpaired) electrons. The molecule has 2 nitrogen and oxygen atoms in total. The Hall–Kier alpha value is -1.28. The van der Waals surface area contributed by atoms with Crippen LogP contribution in [0, 0.1) is 0 Å². The third-order valence-corrected chi connectivity index (χ3v) is 2.43. The van der Waals surface area contributed by atoms with E-state index in [2.05, 4.69) is 32.7 Å². The maximum absolute atomic E-state index is 11.2. The average molecular weight is 238 g/mol. The van der Waals surface area contributed by atoms with Gasteiger partial charge in [-0.15, -0.1) is 0 Å². The summed E-state index contributed by atoms with van der Waals surface area (Å²) in [5.74, 6) is -0.234. The molecule has 0 saturated carbocycles. The molecule has 1 N–H and O–H groups in total. The number of anilines is 1. The van der Waals surface area contributed by atoms with Crippen LogP contribution in [0.25, 0.3) is 0 Å². The number of hydrogen-bond donors (Lipinski definition) is 1. The first-order valence-corrected chi connectivity index (χ1v) is 5.45. The summed E-state index contributed by atoms with van der Waals surface area (Å²) < 4.78 is 0. The smallest absolute Gasteiger partial charge is 0.247 e. The lowest BCUT2D eigenvalue weighted by atomic mass is 9.87. The second-order valence-electron chi connectivity index (χ2n) is 4.67. The minimum Gasteiger partial charge on any atom is -0.322 e. The Morgan fingerprint density at radius 1 is 1.38 bits per heavy atom. The van der Waals surface area contributed by atoms with Gasteiger partial charge in [0.25, 0.3) is 0 Å². The van der Waals surface area contributed by atoms with Crippen molar-refractivity contribution in [2.24, 2.45) is 0 Å². The number of benzene rings is 1. The second kappa shape index (κ2) is 4.71. The van der Waals surface area contributed by atoms with E-state index in [1.165, 1.54) is 6.08 Å². The summed E-state index contributed by atoms with van der Waals surface area (Å²) in [5, 5.41) is 3.32. The van der Waals surface area contributed by atoms with Gasteiger partial charge < -0.3 is 5.32 Å². The Morgan fingerprint density at radius 3 is 2.50 bits per heavy atom. The van der Waals surface area contributed by atoms with Crippen LogP contribution in [0.1, 0.15) is 26.3 Å². The van der Waals surface area contributed by atoms with Crippen LogP contribution in [0.3, 0.4) is 0 Å². The molecule has 0 atom stereocenters. The van der Waals surface area contributed by atoms with Crippen LogP contribution >= 0.6 is 11.6 Å². The lowest BCUT2D eigenvalue weighted by Gasteiger charge is -2.20. The SMILES string of the molecule is C=CC(=O)Nc1cc(Cl)cc(C(C)(C)C)c1. The molecule has 1 aromatic rings. The topological polar surface area (TPSA) is 29.1 Å². The van der Waals surface area contributed by atoms with E-state index in [1.807, 2.05) is 12.1 Å². The summed E-state index contributed by atoms with van der Waals surface area (Å²) in [5.41, 5.74) is 1.78. The molecule has 0 aliphatic heterocycles. The fourth-order valence-corrected chi connectivity index (χ4v) is 1.52. The molecule has 0 heterocycles. The molecule has 1 amide bonds. The average Bonchev–Trinajstić information content (AvgIpc) is 2.15. The number of halogens is 1. The summed E-state index contributed by atoms with van der Waals surface area (Å²) in [4.78, 5) is 11.2. The first kappa shape index (κ1) is 12.8. The van der Waals surface area contributed by atoms with Crippen LogP contribution in [0.15, 0.2) is 30.9 Å². The number of carbonyl (C=O) groups excluding carboxylic acids is 1. The molecule has 0 aliphatic carbocycles. The third-order valence-electron chi connectivity index (χ3n) is 2.22. The highest BCUT2D eigenvalue weighted by molar-refractivity contribution is 6.31. The zero-order chi connectivity index (χ0) is 12.3. The molecule has 0 bridgehead atoms. The summed E-state index contributed by atoms with van der Waals surface area (Å²) in [7, 11) is 0. The Balaban J connectivity index is 3.08. The number of nitrogens with one attached hydrogen (secondary N) is 1. The number of carbonyl (C=O) groups is 1. The van der Waals surface area contributed by atoms with Crippen molar-refractivity contribution in [3.05, 3.63) is 41.4 Å². The Kier molecular flexibility index (Phi) is 3.76. The van der Waals surface area contributed by atoms with Crippen LogP contribution in [0.2, 0.25) is 5.02 Å². The normalized spacial score (nSPS) is 11.0. The van der Waals surface area contributed by atoms with Crippen LogP contribution in [0.5, 0.6) is 0 Å². The van der Waals surface area contributed by atoms with E-state index < -0.39 is 0 Å². The maximum atomic E-state index is 11.2. The van der Waals surface area contributed by atoms with Gasteiger partial charge in [-0.05, 0) is 35.3 Å². The van der Waals surface area contributed by atoms with Gasteiger partial charge in [0.1, 0.15) is 0 Å². The Morgan fingerprint density at radius 2 is 2.00 bits per heavy atom. The lowest BCUT2D eigenvalue weighted by Crippen LogP contribution is -2.13. The van der Waals surface area contributed by atoms with Crippen LogP contribution in [-0.4, -0.2) is 5.91 Å². The number of hydrogen-bond acceptors (Lipinski definition) is 1. The van der Waals surface area contributed by atoms with E-state index in [-0.39, 0.29) is 11.3 Å². The van der Waals surface area contributed by atoms with Gasteiger partial charge in [0.05, 0.1) is 0 Å². The molecular weight excluding hydrogens is 222 g/mol. The third kappa shape index (κ3) is 3.38. The van der Waals surface area contributed by atoms with E-state index in [0.29, 0.717) is 10.7 Å². The molecule has 3 heteroatoms. The summed E-state index contributed by atoms with van der Waals surface area (Å²) in [6.07, 6.45) is 1.23. The minimum absolute atomic E-state index is 0.00143. The lowest BCUT2D eigenvalue weighted by molar-refractivity contribution is -0.111. The fraction of sp³-hybridized carbons (Fsp3) is 0.308. The highest BCUT2D eigenvalue weighted by Gasteiger charge is 2.15. The molecular formula is C13H16ClNO. The van der Waals surface area contributed by atoms with Crippen molar-refractivity contribution in [2.75, 3.05) is 5.32 Å². The van der Waals surface area contributed by atoms with E-state index in [4.69, 9.17) is 11.6 Å². The zero-order valence-electron chi connectivity index (χ0n) is 9.80. The molecule has 86 valence electrons. The molecule has 1 rings (SSSR count). The van der Waals surface area contributed by atoms with Crippen LogP contribution < -0.4 is 5.32 Å². The molecule has 0 aliphatic rings. The van der Waals surface area contributed by atoms with E-state index in [9.17, 15) is 4.79 Å². The highest BCUT2D eigenvalue weighted by Crippen LogP contribution is 2.28. The van der Waals surface area contributed by atoms with Crippen LogP contribution in [-0.2, 0) is 10.2 Å². The maximum Gasteiger partial charge on any atom is 0.247 e. The Bertz CT molecular complexity index is 418. The molecule has 16 heavy (non-hydrogen) atoms. The zero-order valence-corrected chi connectivity index (χ0v) is 10.6. The van der Waals surface area contributed by atoms with E-state index in [1.54, 1.807) is 6.07 Å². The fourth-order valence-electron chi connectivity index (χ4n) is 1.29. The van der Waals surface area contributed by atoms with Crippen molar-refractivity contribution in [1.82, 2.24) is 0 Å². The van der Waals surface area contributed by atoms with Gasteiger partial charge in [0.15, 0.2) is 0 Å².